The summed E-state index contributed by atoms with van der Waals surface area (Å²) in [7, 11) is 0. The summed E-state index contributed by atoms with van der Waals surface area (Å²) in [5, 5.41) is 21.6. The quantitative estimate of drug-likeness (QED) is 0.694. The number of Topliss-reactive ketones (excluding diaryl/α,β-unsaturated/α-hetero) is 1. The van der Waals surface area contributed by atoms with E-state index < -0.39 is 12.3 Å². The lowest BCUT2D eigenvalue weighted by atomic mass is 9.98. The smallest absolute Gasteiger partial charge is 0.339 e. The van der Waals surface area contributed by atoms with Gasteiger partial charge in [0.2, 0.25) is 6.29 Å². The van der Waals surface area contributed by atoms with Crippen LogP contribution in [0.3, 0.4) is 0 Å². The molecular weight excluding hydrogens is 350 g/mol. The Morgan fingerprint density at radius 2 is 2.07 bits per heavy atom. The van der Waals surface area contributed by atoms with Crippen molar-refractivity contribution < 1.29 is 29.3 Å². The second kappa shape index (κ2) is 7.51. The summed E-state index contributed by atoms with van der Waals surface area (Å²) in [6.07, 6.45) is 0.584. The molecule has 0 saturated heterocycles. The van der Waals surface area contributed by atoms with Crippen LogP contribution in [-0.2, 0) is 4.74 Å². The zero-order chi connectivity index (χ0) is 19.6. The molecule has 27 heavy (non-hydrogen) atoms. The highest BCUT2D eigenvalue weighted by Gasteiger charge is 2.32. The van der Waals surface area contributed by atoms with Crippen molar-refractivity contribution in [1.82, 2.24) is 0 Å². The van der Waals surface area contributed by atoms with E-state index in [2.05, 4.69) is 5.32 Å². The Bertz CT molecular complexity index is 934. The monoisotopic (exact) mass is 369 g/mol. The first-order chi connectivity index (χ1) is 12.9. The number of hydrogen-bond donors (Lipinski definition) is 3. The van der Waals surface area contributed by atoms with Crippen molar-refractivity contribution in [1.29, 1.82) is 0 Å². The molecule has 0 aliphatic carbocycles. The Balaban J connectivity index is 1.91. The van der Waals surface area contributed by atoms with Crippen LogP contribution in [0.25, 0.3) is 0 Å². The molecule has 0 fully saturated rings. The first-order valence-corrected chi connectivity index (χ1v) is 8.37. The largest absolute Gasteiger partial charge is 0.507 e. The highest BCUT2D eigenvalue weighted by Crippen LogP contribution is 2.32. The number of aromatic hydroxyl groups is 1. The summed E-state index contributed by atoms with van der Waals surface area (Å²) < 4.78 is 11.3. The molecule has 0 spiro atoms. The van der Waals surface area contributed by atoms with Crippen LogP contribution in [-0.4, -0.2) is 34.9 Å². The molecule has 1 aliphatic heterocycles. The number of benzene rings is 2. The van der Waals surface area contributed by atoms with Gasteiger partial charge < -0.3 is 25.0 Å². The average molecular weight is 369 g/mol. The Hall–Kier alpha value is -3.32. The maximum Gasteiger partial charge on any atom is 0.339 e. The SMILES string of the molecule is CCO[C@@H]1Oc2ccc(C)cc2C(=O)/C1=C/Nc1ccc(C(=O)O)c(O)c1. The topological polar surface area (TPSA) is 105 Å². The van der Waals surface area contributed by atoms with Gasteiger partial charge in [-0.1, -0.05) is 11.6 Å². The van der Waals surface area contributed by atoms with Gasteiger partial charge in [0, 0.05) is 24.6 Å². The van der Waals surface area contributed by atoms with E-state index in [4.69, 9.17) is 14.6 Å². The molecule has 3 N–H and O–H groups in total. The van der Waals surface area contributed by atoms with E-state index >= 15 is 0 Å². The van der Waals surface area contributed by atoms with Gasteiger partial charge in [0.05, 0.1) is 11.1 Å². The van der Waals surface area contributed by atoms with E-state index in [1.165, 1.54) is 24.4 Å². The zero-order valence-electron chi connectivity index (χ0n) is 14.9. The summed E-state index contributed by atoms with van der Waals surface area (Å²) in [4.78, 5) is 23.9. The van der Waals surface area contributed by atoms with Crippen molar-refractivity contribution >= 4 is 17.4 Å². The van der Waals surface area contributed by atoms with E-state index in [0.29, 0.717) is 23.6 Å². The van der Waals surface area contributed by atoms with Gasteiger partial charge in [0.1, 0.15) is 17.1 Å². The lowest BCUT2D eigenvalue weighted by Gasteiger charge is -2.27. The Labute approximate surface area is 155 Å². The molecule has 2 aromatic carbocycles. The number of hydrogen-bond acceptors (Lipinski definition) is 6. The van der Waals surface area contributed by atoms with E-state index in [1.54, 1.807) is 19.1 Å². The highest BCUT2D eigenvalue weighted by atomic mass is 16.7. The van der Waals surface area contributed by atoms with Gasteiger partial charge in [0.15, 0.2) is 5.78 Å². The normalized spacial score (nSPS) is 17.3. The van der Waals surface area contributed by atoms with Crippen LogP contribution in [0.5, 0.6) is 11.5 Å². The average Bonchev–Trinajstić information content (AvgIpc) is 2.62. The first kappa shape index (κ1) is 18.5. The number of aromatic carboxylic acids is 1. The van der Waals surface area contributed by atoms with Crippen LogP contribution in [0, 0.1) is 6.92 Å². The van der Waals surface area contributed by atoms with Crippen molar-refractivity contribution in [2.24, 2.45) is 0 Å². The van der Waals surface area contributed by atoms with Crippen LogP contribution in [0.4, 0.5) is 5.69 Å². The third-order valence-corrected chi connectivity index (χ3v) is 4.07. The van der Waals surface area contributed by atoms with Crippen LogP contribution >= 0.6 is 0 Å². The molecule has 1 heterocycles. The van der Waals surface area contributed by atoms with E-state index in [1.807, 2.05) is 13.0 Å². The van der Waals surface area contributed by atoms with Crippen LogP contribution in [0.15, 0.2) is 48.2 Å². The fourth-order valence-electron chi connectivity index (χ4n) is 2.74. The number of phenols is 1. The number of carbonyl (C=O) groups is 2. The number of carboxylic acids is 1. The number of nitrogens with one attached hydrogen (secondary N) is 1. The number of ketones is 1. The van der Waals surface area contributed by atoms with Gasteiger partial charge in [0.25, 0.3) is 0 Å². The van der Waals surface area contributed by atoms with Crippen LogP contribution in [0.2, 0.25) is 0 Å². The summed E-state index contributed by atoms with van der Waals surface area (Å²) in [5.74, 6) is -1.36. The molecule has 0 bridgehead atoms. The second-order valence-corrected chi connectivity index (χ2v) is 6.01. The number of aryl methyl sites for hydroxylation is 1. The van der Waals surface area contributed by atoms with Crippen molar-refractivity contribution in [3.05, 3.63) is 64.9 Å². The maximum atomic E-state index is 12.9. The molecule has 2 aromatic rings. The molecular formula is C20H19NO6. The molecule has 0 unspecified atom stereocenters. The van der Waals surface area contributed by atoms with Crippen LogP contribution < -0.4 is 10.1 Å². The number of rotatable bonds is 5. The van der Waals surface area contributed by atoms with Gasteiger partial charge in [-0.15, -0.1) is 0 Å². The molecule has 7 nitrogen and oxygen atoms in total. The van der Waals surface area contributed by atoms with Crippen molar-refractivity contribution in [3.8, 4) is 11.5 Å². The maximum absolute atomic E-state index is 12.9. The number of fused-ring (bicyclic) bond motifs is 1. The van der Waals surface area contributed by atoms with Crippen molar-refractivity contribution in [2.45, 2.75) is 20.1 Å². The van der Waals surface area contributed by atoms with Crippen molar-refractivity contribution in [3.63, 3.8) is 0 Å². The lowest BCUT2D eigenvalue weighted by molar-refractivity contribution is -0.0509. The fraction of sp³-hybridized carbons (Fsp3) is 0.200. The molecule has 3 rings (SSSR count). The first-order valence-electron chi connectivity index (χ1n) is 8.37. The molecule has 1 aliphatic rings. The number of ether oxygens (including phenoxy) is 2. The van der Waals surface area contributed by atoms with E-state index in [9.17, 15) is 14.7 Å². The summed E-state index contributed by atoms with van der Waals surface area (Å²) in [5.41, 5.74) is 1.87. The lowest BCUT2D eigenvalue weighted by Crippen LogP contribution is -2.33. The summed E-state index contributed by atoms with van der Waals surface area (Å²) in [6.45, 7) is 4.04. The van der Waals surface area contributed by atoms with Gasteiger partial charge in [-0.05, 0) is 38.1 Å². The van der Waals surface area contributed by atoms with Gasteiger partial charge in [-0.3, -0.25) is 4.79 Å². The third kappa shape index (κ3) is 3.78. The highest BCUT2D eigenvalue weighted by molar-refractivity contribution is 6.12. The fourth-order valence-corrected chi connectivity index (χ4v) is 2.74. The number of carboxylic acid groups (broad SMARTS) is 1. The minimum atomic E-state index is -1.23. The van der Waals surface area contributed by atoms with Gasteiger partial charge in [-0.2, -0.15) is 0 Å². The van der Waals surface area contributed by atoms with Crippen molar-refractivity contribution in [2.75, 3.05) is 11.9 Å². The Morgan fingerprint density at radius 1 is 1.30 bits per heavy atom. The predicted molar refractivity (Wildman–Crippen MR) is 98.3 cm³/mol. The number of carbonyl (C=O) groups excluding carboxylic acids is 1. The molecule has 0 amide bonds. The second-order valence-electron chi connectivity index (χ2n) is 6.01. The van der Waals surface area contributed by atoms with Gasteiger partial charge >= 0.3 is 5.97 Å². The summed E-state index contributed by atoms with van der Waals surface area (Å²) >= 11 is 0. The van der Waals surface area contributed by atoms with E-state index in [-0.39, 0.29) is 22.7 Å². The Morgan fingerprint density at radius 3 is 2.74 bits per heavy atom. The molecule has 1 atom stereocenters. The molecule has 7 heteroatoms. The third-order valence-electron chi connectivity index (χ3n) is 4.07. The Kier molecular flexibility index (Phi) is 5.14. The van der Waals surface area contributed by atoms with Gasteiger partial charge in [-0.25, -0.2) is 4.79 Å². The summed E-state index contributed by atoms with van der Waals surface area (Å²) in [6, 6.07) is 9.37. The molecule has 0 radical (unpaired) electrons. The zero-order valence-corrected chi connectivity index (χ0v) is 14.9. The molecule has 0 aromatic heterocycles. The molecule has 0 saturated carbocycles. The van der Waals surface area contributed by atoms with E-state index in [0.717, 1.165) is 5.56 Å². The number of anilines is 1. The minimum Gasteiger partial charge on any atom is -0.507 e. The standard InChI is InChI=1S/C20H19NO6/c1-3-26-20-15(18(23)14-8-11(2)4-7-17(14)27-20)10-21-12-5-6-13(19(24)25)16(22)9-12/h4-10,20-22H,3H2,1-2H3,(H,24,25)/b15-10-/t20-/m1/s1. The van der Waals surface area contributed by atoms with Crippen LogP contribution in [0.1, 0.15) is 33.2 Å². The predicted octanol–water partition coefficient (Wildman–Crippen LogP) is 3.33. The molecule has 140 valence electrons. The minimum absolute atomic E-state index is 0.207.